The first-order valence-electron chi connectivity index (χ1n) is 8.54. The molecule has 2 aliphatic rings. The van der Waals surface area contributed by atoms with Crippen LogP contribution in [0.3, 0.4) is 0 Å². The van der Waals surface area contributed by atoms with Gasteiger partial charge in [-0.25, -0.2) is 0 Å². The first-order valence-corrected chi connectivity index (χ1v) is 8.54. The average Bonchev–Trinajstić information content (AvgIpc) is 2.56. The zero-order valence-corrected chi connectivity index (χ0v) is 13.9. The molecule has 1 aromatic rings. The van der Waals surface area contributed by atoms with Crippen LogP contribution < -0.4 is 15.4 Å². The summed E-state index contributed by atoms with van der Waals surface area (Å²) in [5, 5.41) is 0. The largest absolute Gasteiger partial charge is 0.495 e. The molecule has 2 saturated heterocycles. The van der Waals surface area contributed by atoms with E-state index >= 15 is 0 Å². The summed E-state index contributed by atoms with van der Waals surface area (Å²) in [4.78, 5) is 4.93. The number of anilines is 2. The van der Waals surface area contributed by atoms with Crippen LogP contribution in [0.2, 0.25) is 0 Å². The van der Waals surface area contributed by atoms with Crippen molar-refractivity contribution in [3.63, 3.8) is 0 Å². The Balaban J connectivity index is 1.60. The lowest BCUT2D eigenvalue weighted by Gasteiger charge is -2.40. The number of methoxy groups -OCH3 is 1. The molecule has 2 heterocycles. The molecule has 1 aromatic carbocycles. The van der Waals surface area contributed by atoms with E-state index in [1.54, 1.807) is 7.11 Å². The molecule has 22 heavy (non-hydrogen) atoms. The number of hydrogen-bond donors (Lipinski definition) is 1. The van der Waals surface area contributed by atoms with Crippen LogP contribution >= 0.6 is 0 Å². The number of piperidine rings is 2. The quantitative estimate of drug-likeness (QED) is 0.872. The number of likely N-dealkylation sites (tertiary alicyclic amines) is 1. The van der Waals surface area contributed by atoms with Crippen molar-refractivity contribution < 1.29 is 4.74 Å². The fourth-order valence-electron chi connectivity index (χ4n) is 4.07. The Morgan fingerprint density at radius 2 is 1.59 bits per heavy atom. The average molecular weight is 303 g/mol. The number of benzene rings is 1. The molecular weight excluding hydrogens is 274 g/mol. The van der Waals surface area contributed by atoms with Crippen LogP contribution in [0.25, 0.3) is 0 Å². The van der Waals surface area contributed by atoms with Gasteiger partial charge in [0.1, 0.15) is 5.75 Å². The van der Waals surface area contributed by atoms with Crippen molar-refractivity contribution in [3.05, 3.63) is 18.2 Å². The summed E-state index contributed by atoms with van der Waals surface area (Å²) in [6.07, 6.45) is 5.38. The Bertz CT molecular complexity index is 489. The van der Waals surface area contributed by atoms with Gasteiger partial charge in [-0.2, -0.15) is 0 Å². The summed E-state index contributed by atoms with van der Waals surface area (Å²) in [7, 11) is 3.97. The van der Waals surface area contributed by atoms with E-state index in [9.17, 15) is 0 Å². The SMILES string of the molecule is COc1cc(N)ccc1N1CCC(C2CCN(C)CC2)CC1. The van der Waals surface area contributed by atoms with Gasteiger partial charge in [0.2, 0.25) is 0 Å². The highest BCUT2D eigenvalue weighted by atomic mass is 16.5. The second-order valence-electron chi connectivity index (χ2n) is 6.90. The highest BCUT2D eigenvalue weighted by Gasteiger charge is 2.29. The van der Waals surface area contributed by atoms with Gasteiger partial charge in [-0.1, -0.05) is 0 Å². The van der Waals surface area contributed by atoms with E-state index in [0.717, 1.165) is 36.4 Å². The Kier molecular flexibility index (Phi) is 4.77. The standard InChI is InChI=1S/C18H29N3O/c1-20-9-5-14(6-10-20)15-7-11-21(12-8-15)17-4-3-16(19)13-18(17)22-2/h3-4,13-15H,5-12,19H2,1-2H3. The molecule has 0 saturated carbocycles. The number of nitrogens with zero attached hydrogens (tertiary/aromatic N) is 2. The maximum atomic E-state index is 5.86. The summed E-state index contributed by atoms with van der Waals surface area (Å²) in [6, 6.07) is 6.00. The molecule has 0 amide bonds. The topological polar surface area (TPSA) is 41.7 Å². The zero-order valence-electron chi connectivity index (χ0n) is 13.9. The normalized spacial score (nSPS) is 22.0. The molecule has 0 bridgehead atoms. The predicted molar refractivity (Wildman–Crippen MR) is 92.6 cm³/mol. The number of rotatable bonds is 3. The second-order valence-corrected chi connectivity index (χ2v) is 6.90. The van der Waals surface area contributed by atoms with Gasteiger partial charge in [-0.3, -0.25) is 0 Å². The van der Waals surface area contributed by atoms with Crippen molar-refractivity contribution in [2.45, 2.75) is 25.7 Å². The Morgan fingerprint density at radius 1 is 1.00 bits per heavy atom. The lowest BCUT2D eigenvalue weighted by Crippen LogP contribution is -2.40. The molecule has 0 spiro atoms. The van der Waals surface area contributed by atoms with E-state index in [1.807, 2.05) is 12.1 Å². The van der Waals surface area contributed by atoms with Crippen molar-refractivity contribution in [1.29, 1.82) is 0 Å². The fraction of sp³-hybridized carbons (Fsp3) is 0.667. The zero-order chi connectivity index (χ0) is 15.5. The Hall–Kier alpha value is -1.42. The number of nitrogens with two attached hydrogens (primary N) is 1. The third-order valence-electron chi connectivity index (χ3n) is 5.51. The fourth-order valence-corrected chi connectivity index (χ4v) is 4.07. The molecule has 0 aliphatic carbocycles. The first-order chi connectivity index (χ1) is 10.7. The Labute approximate surface area is 134 Å². The Morgan fingerprint density at radius 3 is 2.18 bits per heavy atom. The molecule has 2 N–H and O–H groups in total. The maximum Gasteiger partial charge on any atom is 0.144 e. The van der Waals surface area contributed by atoms with E-state index in [0.29, 0.717) is 0 Å². The molecule has 122 valence electrons. The van der Waals surface area contributed by atoms with E-state index in [4.69, 9.17) is 10.5 Å². The second kappa shape index (κ2) is 6.78. The lowest BCUT2D eigenvalue weighted by atomic mass is 9.79. The van der Waals surface area contributed by atoms with Gasteiger partial charge in [0.05, 0.1) is 12.8 Å². The van der Waals surface area contributed by atoms with Gasteiger partial charge in [-0.15, -0.1) is 0 Å². The number of hydrogen-bond acceptors (Lipinski definition) is 4. The van der Waals surface area contributed by atoms with E-state index < -0.39 is 0 Å². The van der Waals surface area contributed by atoms with Crippen molar-refractivity contribution in [2.24, 2.45) is 11.8 Å². The monoisotopic (exact) mass is 303 g/mol. The summed E-state index contributed by atoms with van der Waals surface area (Å²) in [5.74, 6) is 2.74. The number of ether oxygens (including phenoxy) is 1. The predicted octanol–water partition coefficient (Wildman–Crippen LogP) is 2.84. The minimum atomic E-state index is 0.766. The summed E-state index contributed by atoms with van der Waals surface area (Å²) in [5.41, 5.74) is 7.82. The van der Waals surface area contributed by atoms with Crippen LogP contribution in [0.1, 0.15) is 25.7 Å². The van der Waals surface area contributed by atoms with Gasteiger partial charge < -0.3 is 20.3 Å². The van der Waals surface area contributed by atoms with Crippen molar-refractivity contribution in [3.8, 4) is 5.75 Å². The highest BCUT2D eigenvalue weighted by Crippen LogP contribution is 2.36. The third kappa shape index (κ3) is 3.32. The van der Waals surface area contributed by atoms with E-state index in [-0.39, 0.29) is 0 Å². The van der Waals surface area contributed by atoms with Crippen LogP contribution in [0, 0.1) is 11.8 Å². The van der Waals surface area contributed by atoms with Crippen molar-refractivity contribution in [2.75, 3.05) is 51.0 Å². The number of nitrogen functional groups attached to an aromatic ring is 1. The lowest BCUT2D eigenvalue weighted by molar-refractivity contribution is 0.154. The summed E-state index contributed by atoms with van der Waals surface area (Å²) < 4.78 is 5.51. The van der Waals surface area contributed by atoms with E-state index in [1.165, 1.54) is 44.5 Å². The first kappa shape index (κ1) is 15.5. The molecule has 2 aliphatic heterocycles. The van der Waals surface area contributed by atoms with Gasteiger partial charge in [0, 0.05) is 24.8 Å². The summed E-state index contributed by atoms with van der Waals surface area (Å²) in [6.45, 7) is 4.82. The van der Waals surface area contributed by atoms with Gasteiger partial charge in [-0.05, 0) is 69.8 Å². The molecular formula is C18H29N3O. The minimum Gasteiger partial charge on any atom is -0.495 e. The smallest absolute Gasteiger partial charge is 0.144 e. The molecule has 3 rings (SSSR count). The molecule has 0 unspecified atom stereocenters. The molecule has 4 heteroatoms. The van der Waals surface area contributed by atoms with Gasteiger partial charge in [0.15, 0.2) is 0 Å². The molecule has 4 nitrogen and oxygen atoms in total. The maximum absolute atomic E-state index is 5.86. The van der Waals surface area contributed by atoms with Crippen LogP contribution in [0.15, 0.2) is 18.2 Å². The van der Waals surface area contributed by atoms with Gasteiger partial charge >= 0.3 is 0 Å². The molecule has 2 fully saturated rings. The van der Waals surface area contributed by atoms with Crippen LogP contribution in [0.5, 0.6) is 5.75 Å². The third-order valence-corrected chi connectivity index (χ3v) is 5.51. The van der Waals surface area contributed by atoms with Crippen molar-refractivity contribution in [1.82, 2.24) is 4.90 Å². The van der Waals surface area contributed by atoms with Gasteiger partial charge in [0.25, 0.3) is 0 Å². The molecule has 0 radical (unpaired) electrons. The minimum absolute atomic E-state index is 0.766. The molecule has 0 aromatic heterocycles. The van der Waals surface area contributed by atoms with Crippen molar-refractivity contribution >= 4 is 11.4 Å². The van der Waals surface area contributed by atoms with Crippen LogP contribution in [-0.2, 0) is 0 Å². The molecule has 0 atom stereocenters. The highest BCUT2D eigenvalue weighted by molar-refractivity contribution is 5.64. The van der Waals surface area contributed by atoms with Crippen LogP contribution in [0.4, 0.5) is 11.4 Å². The summed E-state index contributed by atoms with van der Waals surface area (Å²) >= 11 is 0. The van der Waals surface area contributed by atoms with E-state index in [2.05, 4.69) is 22.9 Å². The van der Waals surface area contributed by atoms with Crippen LogP contribution in [-0.4, -0.2) is 45.2 Å².